The molecule has 0 saturated carbocycles. The molecule has 3 aromatic heterocycles. The van der Waals surface area contributed by atoms with Gasteiger partial charge in [-0.15, -0.1) is 0 Å². The van der Waals surface area contributed by atoms with Crippen molar-refractivity contribution >= 4 is 11.8 Å². The average molecular weight is 567 g/mol. The van der Waals surface area contributed by atoms with Gasteiger partial charge in [0.05, 0.1) is 29.3 Å². The van der Waals surface area contributed by atoms with Crippen LogP contribution in [0.15, 0.2) is 54.0 Å². The second kappa shape index (κ2) is 11.4. The molecule has 0 amide bonds. The fourth-order valence-corrected chi connectivity index (χ4v) is 4.98. The zero-order valence-electron chi connectivity index (χ0n) is 24.0. The Labute approximate surface area is 243 Å². The number of aryl methyl sites for hydroxylation is 1. The maximum Gasteiger partial charge on any atom is 0.350 e. The van der Waals surface area contributed by atoms with Crippen LogP contribution in [-0.4, -0.2) is 55.0 Å². The van der Waals surface area contributed by atoms with Crippen molar-refractivity contribution in [3.63, 3.8) is 0 Å². The zero-order chi connectivity index (χ0) is 30.0. The fourth-order valence-electron chi connectivity index (χ4n) is 4.98. The van der Waals surface area contributed by atoms with Crippen LogP contribution in [0, 0.1) is 33.9 Å². The summed E-state index contributed by atoms with van der Waals surface area (Å²) in [5.41, 5.74) is 1.27. The van der Waals surface area contributed by atoms with Crippen LogP contribution in [0.4, 0.5) is 16.2 Å². The lowest BCUT2D eigenvalue weighted by Gasteiger charge is -2.40. The molecule has 1 unspecified atom stereocenters. The van der Waals surface area contributed by atoms with Crippen LogP contribution in [0.3, 0.4) is 0 Å². The highest BCUT2D eigenvalue weighted by atomic mass is 19.1. The molecule has 1 aromatic carbocycles. The third-order valence-electron chi connectivity index (χ3n) is 7.39. The predicted octanol–water partition coefficient (Wildman–Crippen LogP) is 3.72. The van der Waals surface area contributed by atoms with Gasteiger partial charge >= 0.3 is 5.69 Å². The Morgan fingerprint density at radius 1 is 1.07 bits per heavy atom. The molecule has 1 aliphatic rings. The van der Waals surface area contributed by atoms with Crippen molar-refractivity contribution in [3.8, 4) is 29.0 Å². The highest BCUT2D eigenvalue weighted by molar-refractivity contribution is 5.69. The molecule has 1 aliphatic heterocycles. The van der Waals surface area contributed by atoms with Gasteiger partial charge in [0.1, 0.15) is 24.0 Å². The number of rotatable bonds is 7. The normalized spacial score (nSPS) is 15.4. The van der Waals surface area contributed by atoms with Gasteiger partial charge in [0, 0.05) is 49.8 Å². The summed E-state index contributed by atoms with van der Waals surface area (Å²) >= 11 is 0. The highest BCUT2D eigenvalue weighted by Gasteiger charge is 2.28. The molecule has 1 fully saturated rings. The molecule has 1 atom stereocenters. The van der Waals surface area contributed by atoms with Crippen LogP contribution in [0.25, 0.3) is 16.8 Å². The quantitative estimate of drug-likeness (QED) is 0.328. The first-order valence-electron chi connectivity index (χ1n) is 13.7. The van der Waals surface area contributed by atoms with Gasteiger partial charge in [-0.25, -0.2) is 33.4 Å². The van der Waals surface area contributed by atoms with Gasteiger partial charge in [-0.2, -0.15) is 15.6 Å². The molecule has 0 bridgehead atoms. The summed E-state index contributed by atoms with van der Waals surface area (Å²) in [7, 11) is 0. The topological polar surface area (TPSA) is 133 Å². The van der Waals surface area contributed by atoms with E-state index in [-0.39, 0.29) is 18.3 Å². The lowest BCUT2D eigenvalue weighted by molar-refractivity contribution is 0.376. The van der Waals surface area contributed by atoms with Crippen LogP contribution >= 0.6 is 0 Å². The standard InChI is InChI=1S/C30H31FN10O/c1-5-21-13-35-28(36-14-21)38-8-9-39(20(2)16-38)27-23(12-32)10-24(15-34-27)22-6-7-26(25(31)11-22)40-19-37-41(29(40)42)18-30(3,4)17-33/h6-7,10-11,13-15,19-20H,5,8-9,16,18H2,1-4H3. The molecule has 1 saturated heterocycles. The van der Waals surface area contributed by atoms with Crippen LogP contribution in [0.2, 0.25) is 0 Å². The molecule has 0 radical (unpaired) electrons. The second-order valence-corrected chi connectivity index (χ2v) is 11.0. The molecule has 42 heavy (non-hydrogen) atoms. The van der Waals surface area contributed by atoms with Crippen LogP contribution in [0.1, 0.15) is 38.8 Å². The highest BCUT2D eigenvalue weighted by Crippen LogP contribution is 2.29. The van der Waals surface area contributed by atoms with E-state index < -0.39 is 16.9 Å². The Bertz CT molecular complexity index is 1750. The second-order valence-electron chi connectivity index (χ2n) is 11.0. The van der Waals surface area contributed by atoms with Gasteiger partial charge in [0.2, 0.25) is 5.95 Å². The number of benzene rings is 1. The molecule has 214 valence electrons. The Morgan fingerprint density at radius 3 is 2.48 bits per heavy atom. The lowest BCUT2D eigenvalue weighted by Crippen LogP contribution is -2.53. The molecular formula is C30H31FN10O. The number of aromatic nitrogens is 6. The van der Waals surface area contributed by atoms with Crippen molar-refractivity contribution in [2.45, 2.75) is 46.7 Å². The summed E-state index contributed by atoms with van der Waals surface area (Å²) in [4.78, 5) is 30.7. The van der Waals surface area contributed by atoms with Crippen LogP contribution < -0.4 is 15.5 Å². The molecule has 4 heterocycles. The van der Waals surface area contributed by atoms with E-state index in [9.17, 15) is 15.3 Å². The molecule has 0 N–H and O–H groups in total. The minimum Gasteiger partial charge on any atom is -0.349 e. The summed E-state index contributed by atoms with van der Waals surface area (Å²) in [6.45, 7) is 9.61. The minimum absolute atomic E-state index is 0.0369. The van der Waals surface area contributed by atoms with E-state index in [4.69, 9.17) is 0 Å². The van der Waals surface area contributed by atoms with Gasteiger partial charge in [-0.05, 0) is 56.5 Å². The summed E-state index contributed by atoms with van der Waals surface area (Å²) in [5, 5.41) is 23.3. The van der Waals surface area contributed by atoms with E-state index in [1.54, 1.807) is 32.2 Å². The van der Waals surface area contributed by atoms with Gasteiger partial charge in [-0.3, -0.25) is 0 Å². The SMILES string of the molecule is CCc1cnc(N2CCN(c3ncc(-c4ccc(-n5cnn(CC(C)(C)C#N)c5=O)c(F)c4)cc3C#N)C(C)C2)nc1. The van der Waals surface area contributed by atoms with Gasteiger partial charge in [0.15, 0.2) is 0 Å². The van der Waals surface area contributed by atoms with Crippen LogP contribution in [-0.2, 0) is 13.0 Å². The largest absolute Gasteiger partial charge is 0.350 e. The molecule has 0 spiro atoms. The van der Waals surface area contributed by atoms with Gasteiger partial charge in [-0.1, -0.05) is 13.0 Å². The number of nitriles is 2. The lowest BCUT2D eigenvalue weighted by atomic mass is 9.96. The Morgan fingerprint density at radius 2 is 1.83 bits per heavy atom. The first kappa shape index (κ1) is 28.4. The predicted molar refractivity (Wildman–Crippen MR) is 156 cm³/mol. The maximum atomic E-state index is 15.3. The first-order chi connectivity index (χ1) is 20.1. The number of piperazine rings is 1. The van der Waals surface area contributed by atoms with E-state index in [2.05, 4.69) is 55.8 Å². The molecule has 12 heteroatoms. The summed E-state index contributed by atoms with van der Waals surface area (Å²) in [6.07, 6.45) is 7.46. The van der Waals surface area contributed by atoms with Crippen molar-refractivity contribution in [1.82, 2.24) is 29.3 Å². The van der Waals surface area contributed by atoms with Gasteiger partial charge < -0.3 is 9.80 Å². The smallest absolute Gasteiger partial charge is 0.349 e. The van der Waals surface area contributed by atoms with E-state index >= 15 is 4.39 Å². The third-order valence-corrected chi connectivity index (χ3v) is 7.39. The van der Waals surface area contributed by atoms with Crippen molar-refractivity contribution in [2.24, 2.45) is 5.41 Å². The summed E-state index contributed by atoms with van der Waals surface area (Å²) < 4.78 is 17.5. The first-order valence-corrected chi connectivity index (χ1v) is 13.7. The number of hydrogen-bond acceptors (Lipinski definition) is 9. The van der Waals surface area contributed by atoms with Crippen molar-refractivity contribution in [1.29, 1.82) is 10.5 Å². The van der Waals surface area contributed by atoms with E-state index in [0.29, 0.717) is 48.1 Å². The summed E-state index contributed by atoms with van der Waals surface area (Å²) in [6, 6.07) is 10.6. The third kappa shape index (κ3) is 5.56. The Hall–Kier alpha value is -5.10. The fraction of sp³-hybridized carbons (Fsp3) is 0.367. The Balaban J connectivity index is 1.35. The van der Waals surface area contributed by atoms with E-state index in [1.807, 2.05) is 12.4 Å². The number of halogens is 1. The summed E-state index contributed by atoms with van der Waals surface area (Å²) in [5.74, 6) is 0.635. The van der Waals surface area contributed by atoms with Crippen molar-refractivity contribution in [2.75, 3.05) is 29.4 Å². The van der Waals surface area contributed by atoms with Crippen molar-refractivity contribution < 1.29 is 4.39 Å². The molecule has 4 aromatic rings. The Kier molecular flexibility index (Phi) is 7.72. The average Bonchev–Trinajstić information content (AvgIpc) is 3.35. The molecular weight excluding hydrogens is 535 g/mol. The number of pyridine rings is 1. The number of nitrogens with zero attached hydrogens (tertiary/aromatic N) is 10. The zero-order valence-corrected chi connectivity index (χ0v) is 24.0. The van der Waals surface area contributed by atoms with Gasteiger partial charge in [0.25, 0.3) is 0 Å². The number of anilines is 2. The van der Waals surface area contributed by atoms with E-state index in [0.717, 1.165) is 21.2 Å². The van der Waals surface area contributed by atoms with Crippen LogP contribution in [0.5, 0.6) is 0 Å². The minimum atomic E-state index is -0.802. The maximum absolute atomic E-state index is 15.3. The number of hydrogen-bond donors (Lipinski definition) is 0. The molecule has 11 nitrogen and oxygen atoms in total. The monoisotopic (exact) mass is 566 g/mol. The van der Waals surface area contributed by atoms with Crippen molar-refractivity contribution in [3.05, 3.63) is 76.6 Å². The van der Waals surface area contributed by atoms with E-state index in [1.165, 1.54) is 18.5 Å². The molecule has 5 rings (SSSR count). The molecule has 0 aliphatic carbocycles.